The predicted octanol–water partition coefficient (Wildman–Crippen LogP) is 4.92. The molecule has 0 unspecified atom stereocenters. The third-order valence-electron chi connectivity index (χ3n) is 5.27. The first kappa shape index (κ1) is 24.7. The summed E-state index contributed by atoms with van der Waals surface area (Å²) in [6.07, 6.45) is 7.57. The van der Waals surface area contributed by atoms with Crippen molar-refractivity contribution in [2.75, 3.05) is 39.1 Å². The summed E-state index contributed by atoms with van der Waals surface area (Å²) in [5, 5.41) is 2.50. The number of allylic oxidation sites excluding steroid dienone is 1. The molecule has 0 atom stereocenters. The Hall–Kier alpha value is -2.57. The zero-order valence-corrected chi connectivity index (χ0v) is 19.4. The Morgan fingerprint density at radius 3 is 2.52 bits per heavy atom. The van der Waals surface area contributed by atoms with Gasteiger partial charge in [-0.1, -0.05) is 26.8 Å². The molecule has 1 saturated heterocycles. The number of halogens is 1. The first-order valence-corrected chi connectivity index (χ1v) is 10.9. The van der Waals surface area contributed by atoms with E-state index in [-0.39, 0.29) is 23.0 Å². The van der Waals surface area contributed by atoms with Crippen LogP contribution in [0.2, 0.25) is 0 Å². The highest BCUT2D eigenvalue weighted by Gasteiger charge is 2.21. The van der Waals surface area contributed by atoms with Gasteiger partial charge in [-0.3, -0.25) is 4.79 Å². The smallest absolute Gasteiger partial charge is 0.321 e. The van der Waals surface area contributed by atoms with Crippen LogP contribution in [-0.4, -0.2) is 55.5 Å². The van der Waals surface area contributed by atoms with E-state index in [1.807, 2.05) is 11.0 Å². The van der Waals surface area contributed by atoms with E-state index >= 15 is 0 Å². The minimum atomic E-state index is -0.523. The van der Waals surface area contributed by atoms with Crippen LogP contribution in [0.3, 0.4) is 0 Å². The average molecular weight is 434 g/mol. The molecule has 2 rings (SSSR count). The van der Waals surface area contributed by atoms with Crippen molar-refractivity contribution < 1.29 is 18.7 Å². The first-order valence-electron chi connectivity index (χ1n) is 10.9. The lowest BCUT2D eigenvalue weighted by Gasteiger charge is -2.31. The number of carbonyl (C=O) groups is 2. The Kier molecular flexibility index (Phi) is 8.89. The number of amides is 3. The van der Waals surface area contributed by atoms with E-state index < -0.39 is 5.82 Å². The van der Waals surface area contributed by atoms with Crippen LogP contribution in [0, 0.1) is 17.2 Å². The molecule has 1 aliphatic heterocycles. The van der Waals surface area contributed by atoms with Crippen molar-refractivity contribution in [2.24, 2.45) is 11.3 Å². The van der Waals surface area contributed by atoms with Crippen molar-refractivity contribution in [1.29, 1.82) is 0 Å². The minimum absolute atomic E-state index is 0.0113. The number of ether oxygens (including phenoxy) is 1. The zero-order valence-electron chi connectivity index (χ0n) is 19.4. The van der Waals surface area contributed by atoms with Crippen LogP contribution >= 0.6 is 0 Å². The van der Waals surface area contributed by atoms with E-state index in [2.05, 4.69) is 26.1 Å². The van der Waals surface area contributed by atoms with E-state index in [9.17, 15) is 14.0 Å². The molecule has 0 aromatic heterocycles. The molecular formula is C24H36FN3O3. The summed E-state index contributed by atoms with van der Waals surface area (Å²) in [4.78, 5) is 27.2. The number of rotatable bonds is 7. The predicted molar refractivity (Wildman–Crippen MR) is 122 cm³/mol. The van der Waals surface area contributed by atoms with Crippen molar-refractivity contribution >= 4 is 17.6 Å². The largest absolute Gasteiger partial charge is 0.493 e. The number of likely N-dealkylation sites (tertiary alicyclic amines) is 1. The molecule has 3 amide bonds. The quantitative estimate of drug-likeness (QED) is 0.490. The highest BCUT2D eigenvalue weighted by Crippen LogP contribution is 2.24. The highest BCUT2D eigenvalue weighted by atomic mass is 19.1. The molecule has 0 radical (unpaired) electrons. The molecular weight excluding hydrogens is 397 g/mol. The van der Waals surface area contributed by atoms with E-state index in [0.29, 0.717) is 18.3 Å². The average Bonchev–Trinajstić information content (AvgIpc) is 2.71. The number of benzene rings is 1. The van der Waals surface area contributed by atoms with Gasteiger partial charge in [0.2, 0.25) is 5.91 Å². The number of carbonyl (C=O) groups excluding carboxylic acids is 2. The van der Waals surface area contributed by atoms with Gasteiger partial charge in [-0.15, -0.1) is 0 Å². The van der Waals surface area contributed by atoms with Crippen LogP contribution in [0.25, 0.3) is 0 Å². The molecule has 0 saturated carbocycles. The second-order valence-corrected chi connectivity index (χ2v) is 9.42. The molecule has 0 spiro atoms. The van der Waals surface area contributed by atoms with Crippen LogP contribution in [-0.2, 0) is 4.79 Å². The fourth-order valence-electron chi connectivity index (χ4n) is 3.34. The lowest BCUT2D eigenvalue weighted by Crippen LogP contribution is -2.37. The van der Waals surface area contributed by atoms with Gasteiger partial charge in [0.15, 0.2) is 0 Å². The van der Waals surface area contributed by atoms with E-state index in [0.717, 1.165) is 38.8 Å². The number of nitrogens with zero attached hydrogens (tertiary/aromatic N) is 2. The van der Waals surface area contributed by atoms with Gasteiger partial charge in [-0.25, -0.2) is 9.18 Å². The molecule has 6 nitrogen and oxygen atoms in total. The molecule has 1 heterocycles. The number of hydrogen-bond acceptors (Lipinski definition) is 3. The third kappa shape index (κ3) is 8.59. The summed E-state index contributed by atoms with van der Waals surface area (Å²) >= 11 is 0. The maximum Gasteiger partial charge on any atom is 0.321 e. The monoisotopic (exact) mass is 433 g/mol. The van der Waals surface area contributed by atoms with Gasteiger partial charge in [0.1, 0.15) is 11.6 Å². The first-order chi connectivity index (χ1) is 14.5. The Bertz CT molecular complexity index is 779. The van der Waals surface area contributed by atoms with Gasteiger partial charge in [-0.05, 0) is 55.2 Å². The van der Waals surface area contributed by atoms with Crippen molar-refractivity contribution in [3.63, 3.8) is 0 Å². The lowest BCUT2D eigenvalue weighted by atomic mass is 9.92. The molecule has 172 valence electrons. The normalized spacial score (nSPS) is 15.2. The van der Waals surface area contributed by atoms with E-state index in [1.165, 1.54) is 17.0 Å². The van der Waals surface area contributed by atoms with E-state index in [1.54, 1.807) is 26.2 Å². The molecule has 1 aromatic carbocycles. The standard InChI is InChI=1S/C24H36FN3O3/c1-24(2,3)13-10-22(29)28-14-11-18(12-15-28)7-6-16-31-19-8-9-21(20(25)17-19)26-23(30)27(4)5/h8-10,13,17-18H,6-7,11-12,14-16H2,1-5H3,(H,26,30)/b13-10+. The van der Waals surface area contributed by atoms with Crippen molar-refractivity contribution in [1.82, 2.24) is 9.80 Å². The van der Waals surface area contributed by atoms with Gasteiger partial charge < -0.3 is 19.9 Å². The molecule has 1 aromatic rings. The minimum Gasteiger partial charge on any atom is -0.493 e. The molecule has 1 aliphatic rings. The van der Waals surface area contributed by atoms with Crippen LogP contribution < -0.4 is 10.1 Å². The number of piperidine rings is 1. The summed E-state index contributed by atoms with van der Waals surface area (Å²) in [6, 6.07) is 4.07. The maximum atomic E-state index is 14.1. The topological polar surface area (TPSA) is 61.9 Å². The van der Waals surface area contributed by atoms with Crippen LogP contribution in [0.1, 0.15) is 46.5 Å². The number of urea groups is 1. The second-order valence-electron chi connectivity index (χ2n) is 9.42. The van der Waals surface area contributed by atoms with Crippen molar-refractivity contribution in [3.8, 4) is 5.75 Å². The number of anilines is 1. The van der Waals surface area contributed by atoms with Gasteiger partial charge in [-0.2, -0.15) is 0 Å². The Balaban J connectivity index is 1.68. The Morgan fingerprint density at radius 2 is 1.94 bits per heavy atom. The lowest BCUT2D eigenvalue weighted by molar-refractivity contribution is -0.127. The Morgan fingerprint density at radius 1 is 1.26 bits per heavy atom. The summed E-state index contributed by atoms with van der Waals surface area (Å²) < 4.78 is 19.8. The van der Waals surface area contributed by atoms with Crippen LogP contribution in [0.4, 0.5) is 14.9 Å². The maximum absolute atomic E-state index is 14.1. The van der Waals surface area contributed by atoms with Gasteiger partial charge in [0.05, 0.1) is 12.3 Å². The third-order valence-corrected chi connectivity index (χ3v) is 5.27. The summed E-state index contributed by atoms with van der Waals surface area (Å²) in [7, 11) is 3.19. The van der Waals surface area contributed by atoms with Gasteiger partial charge in [0.25, 0.3) is 0 Å². The summed E-state index contributed by atoms with van der Waals surface area (Å²) in [5.74, 6) is 0.611. The highest BCUT2D eigenvalue weighted by molar-refractivity contribution is 5.89. The number of nitrogens with one attached hydrogen (secondary N) is 1. The fraction of sp³-hybridized carbons (Fsp3) is 0.583. The summed E-state index contributed by atoms with van der Waals surface area (Å²) in [6.45, 7) is 8.34. The molecule has 1 N–H and O–H groups in total. The van der Waals surface area contributed by atoms with Crippen LogP contribution in [0.15, 0.2) is 30.4 Å². The van der Waals surface area contributed by atoms with Gasteiger partial charge >= 0.3 is 6.03 Å². The zero-order chi connectivity index (χ0) is 23.0. The van der Waals surface area contributed by atoms with Gasteiger partial charge in [0, 0.05) is 33.3 Å². The molecule has 0 aliphatic carbocycles. The molecule has 7 heteroatoms. The van der Waals surface area contributed by atoms with Crippen molar-refractivity contribution in [3.05, 3.63) is 36.2 Å². The molecule has 0 bridgehead atoms. The fourth-order valence-corrected chi connectivity index (χ4v) is 3.34. The second kappa shape index (κ2) is 11.2. The SMILES string of the molecule is CN(C)C(=O)Nc1ccc(OCCCC2CCN(C(=O)/C=C/C(C)(C)C)CC2)cc1F. The van der Waals surface area contributed by atoms with E-state index in [4.69, 9.17) is 4.74 Å². The number of hydrogen-bond donors (Lipinski definition) is 1. The summed E-state index contributed by atoms with van der Waals surface area (Å²) in [5.41, 5.74) is 0.141. The van der Waals surface area contributed by atoms with Crippen LogP contribution in [0.5, 0.6) is 5.75 Å². The van der Waals surface area contributed by atoms with Crippen molar-refractivity contribution in [2.45, 2.75) is 46.5 Å². The Labute approximate surface area is 185 Å². The molecule has 1 fully saturated rings. The molecule has 31 heavy (non-hydrogen) atoms.